The topological polar surface area (TPSA) is 47.6 Å². The summed E-state index contributed by atoms with van der Waals surface area (Å²) in [5.41, 5.74) is 0.992. The zero-order chi connectivity index (χ0) is 16.7. The SMILES string of the molecule is COC(=O)c1cccc(Cl)c1NCCCOc1ccc(Cl)cc1. The predicted molar refractivity (Wildman–Crippen MR) is 92.8 cm³/mol. The van der Waals surface area contributed by atoms with Crippen molar-refractivity contribution in [3.05, 3.63) is 58.1 Å². The van der Waals surface area contributed by atoms with E-state index in [2.05, 4.69) is 5.32 Å². The molecule has 0 atom stereocenters. The van der Waals surface area contributed by atoms with Gasteiger partial charge in [0.05, 0.1) is 30.0 Å². The van der Waals surface area contributed by atoms with Gasteiger partial charge in [-0.1, -0.05) is 29.3 Å². The molecule has 122 valence electrons. The Hall–Kier alpha value is -1.91. The van der Waals surface area contributed by atoms with Crippen molar-refractivity contribution in [1.82, 2.24) is 0 Å². The van der Waals surface area contributed by atoms with Crippen LogP contribution in [0.4, 0.5) is 5.69 Å². The predicted octanol–water partition coefficient (Wildman–Crippen LogP) is 4.66. The van der Waals surface area contributed by atoms with E-state index in [0.29, 0.717) is 34.4 Å². The molecule has 0 saturated carbocycles. The quantitative estimate of drug-likeness (QED) is 0.580. The lowest BCUT2D eigenvalue weighted by atomic mass is 10.1. The third-order valence-corrected chi connectivity index (χ3v) is 3.69. The second-order valence-electron chi connectivity index (χ2n) is 4.74. The van der Waals surface area contributed by atoms with E-state index in [0.717, 1.165) is 12.2 Å². The van der Waals surface area contributed by atoms with Crippen molar-refractivity contribution in [2.24, 2.45) is 0 Å². The average molecular weight is 354 g/mol. The number of carbonyl (C=O) groups is 1. The van der Waals surface area contributed by atoms with Crippen LogP contribution < -0.4 is 10.1 Å². The molecule has 0 unspecified atom stereocenters. The van der Waals surface area contributed by atoms with Crippen LogP contribution in [-0.2, 0) is 4.74 Å². The highest BCUT2D eigenvalue weighted by atomic mass is 35.5. The number of hydrogen-bond acceptors (Lipinski definition) is 4. The monoisotopic (exact) mass is 353 g/mol. The number of carbonyl (C=O) groups excluding carboxylic acids is 1. The highest BCUT2D eigenvalue weighted by molar-refractivity contribution is 6.34. The van der Waals surface area contributed by atoms with E-state index < -0.39 is 5.97 Å². The minimum atomic E-state index is -0.424. The number of hydrogen-bond donors (Lipinski definition) is 1. The van der Waals surface area contributed by atoms with Gasteiger partial charge in [-0.25, -0.2) is 4.79 Å². The Morgan fingerprint density at radius 3 is 2.57 bits per heavy atom. The third-order valence-electron chi connectivity index (χ3n) is 3.12. The van der Waals surface area contributed by atoms with Crippen LogP contribution in [0.1, 0.15) is 16.8 Å². The molecular formula is C17H17Cl2NO3. The molecule has 4 nitrogen and oxygen atoms in total. The van der Waals surface area contributed by atoms with Gasteiger partial charge >= 0.3 is 5.97 Å². The molecule has 0 amide bonds. The van der Waals surface area contributed by atoms with Gasteiger partial charge in [0.25, 0.3) is 0 Å². The number of anilines is 1. The Morgan fingerprint density at radius 1 is 1.13 bits per heavy atom. The molecule has 0 aliphatic rings. The molecule has 6 heteroatoms. The number of halogens is 2. The van der Waals surface area contributed by atoms with Crippen LogP contribution in [0.3, 0.4) is 0 Å². The van der Waals surface area contributed by atoms with E-state index in [1.165, 1.54) is 7.11 Å². The molecule has 0 saturated heterocycles. The van der Waals surface area contributed by atoms with Gasteiger partial charge in [0, 0.05) is 11.6 Å². The molecule has 23 heavy (non-hydrogen) atoms. The third kappa shape index (κ3) is 5.05. The minimum Gasteiger partial charge on any atom is -0.494 e. The largest absolute Gasteiger partial charge is 0.494 e. The molecule has 2 aromatic carbocycles. The molecule has 0 bridgehead atoms. The van der Waals surface area contributed by atoms with Crippen LogP contribution in [-0.4, -0.2) is 26.2 Å². The van der Waals surface area contributed by atoms with Crippen molar-refractivity contribution in [2.45, 2.75) is 6.42 Å². The fourth-order valence-corrected chi connectivity index (χ4v) is 2.36. The molecule has 0 aromatic heterocycles. The fourth-order valence-electron chi connectivity index (χ4n) is 1.99. The van der Waals surface area contributed by atoms with Crippen LogP contribution in [0.5, 0.6) is 5.75 Å². The molecule has 1 N–H and O–H groups in total. The fraction of sp³-hybridized carbons (Fsp3) is 0.235. The van der Waals surface area contributed by atoms with Crippen LogP contribution in [0.25, 0.3) is 0 Å². The number of esters is 1. The Bertz CT molecular complexity index is 659. The molecule has 0 spiro atoms. The standard InChI is InChI=1S/C17H17Cl2NO3/c1-22-17(21)14-4-2-5-15(19)16(14)20-10-3-11-23-13-8-6-12(18)7-9-13/h2,4-9,20H,3,10-11H2,1H3. The van der Waals surface area contributed by atoms with Gasteiger partial charge in [-0.15, -0.1) is 0 Å². The number of benzene rings is 2. The molecule has 0 aliphatic carbocycles. The summed E-state index contributed by atoms with van der Waals surface area (Å²) in [7, 11) is 1.34. The van der Waals surface area contributed by atoms with Crippen LogP contribution >= 0.6 is 23.2 Å². The van der Waals surface area contributed by atoms with Crippen molar-refractivity contribution >= 4 is 34.9 Å². The molecule has 0 heterocycles. The van der Waals surface area contributed by atoms with E-state index in [9.17, 15) is 4.79 Å². The van der Waals surface area contributed by atoms with E-state index in [-0.39, 0.29) is 0 Å². The maximum Gasteiger partial charge on any atom is 0.340 e. The van der Waals surface area contributed by atoms with Gasteiger partial charge < -0.3 is 14.8 Å². The van der Waals surface area contributed by atoms with Crippen molar-refractivity contribution in [2.75, 3.05) is 25.6 Å². The van der Waals surface area contributed by atoms with E-state index in [1.807, 2.05) is 12.1 Å². The highest BCUT2D eigenvalue weighted by Gasteiger charge is 2.13. The lowest BCUT2D eigenvalue weighted by molar-refractivity contribution is 0.0602. The van der Waals surface area contributed by atoms with E-state index in [1.54, 1.807) is 30.3 Å². The maximum absolute atomic E-state index is 11.7. The first kappa shape index (κ1) is 17.4. The molecule has 0 fully saturated rings. The Balaban J connectivity index is 1.84. The highest BCUT2D eigenvalue weighted by Crippen LogP contribution is 2.26. The molecular weight excluding hydrogens is 337 g/mol. The number of rotatable bonds is 7. The van der Waals surface area contributed by atoms with Crippen molar-refractivity contribution < 1.29 is 14.3 Å². The summed E-state index contributed by atoms with van der Waals surface area (Å²) in [5, 5.41) is 4.31. The molecule has 2 aromatic rings. The van der Waals surface area contributed by atoms with Gasteiger partial charge in [-0.2, -0.15) is 0 Å². The lowest BCUT2D eigenvalue weighted by Crippen LogP contribution is -2.12. The van der Waals surface area contributed by atoms with E-state index in [4.69, 9.17) is 32.7 Å². The number of ether oxygens (including phenoxy) is 2. The molecule has 0 aliphatic heterocycles. The number of nitrogens with one attached hydrogen (secondary N) is 1. The zero-order valence-electron chi connectivity index (χ0n) is 12.6. The summed E-state index contributed by atoms with van der Waals surface area (Å²) in [5.74, 6) is 0.342. The maximum atomic E-state index is 11.7. The smallest absolute Gasteiger partial charge is 0.340 e. The van der Waals surface area contributed by atoms with E-state index >= 15 is 0 Å². The Kier molecular flexibility index (Phi) is 6.56. The molecule has 2 rings (SSSR count). The summed E-state index contributed by atoms with van der Waals surface area (Å²) >= 11 is 12.0. The van der Waals surface area contributed by atoms with Crippen LogP contribution in [0.2, 0.25) is 10.0 Å². The lowest BCUT2D eigenvalue weighted by Gasteiger charge is -2.13. The summed E-state index contributed by atoms with van der Waals surface area (Å²) in [6.45, 7) is 1.15. The van der Waals surface area contributed by atoms with Gasteiger partial charge in [0.15, 0.2) is 0 Å². The van der Waals surface area contributed by atoms with Crippen molar-refractivity contribution in [1.29, 1.82) is 0 Å². The summed E-state index contributed by atoms with van der Waals surface area (Å²) in [6, 6.07) is 12.3. The summed E-state index contributed by atoms with van der Waals surface area (Å²) < 4.78 is 10.4. The Labute approximate surface area is 145 Å². The average Bonchev–Trinajstić information content (AvgIpc) is 2.56. The van der Waals surface area contributed by atoms with Crippen molar-refractivity contribution in [3.63, 3.8) is 0 Å². The summed E-state index contributed by atoms with van der Waals surface area (Å²) in [6.07, 6.45) is 0.745. The van der Waals surface area contributed by atoms with Crippen LogP contribution in [0, 0.1) is 0 Å². The molecule has 0 radical (unpaired) electrons. The van der Waals surface area contributed by atoms with Gasteiger partial charge in [0.1, 0.15) is 5.75 Å². The van der Waals surface area contributed by atoms with Gasteiger partial charge in [0.2, 0.25) is 0 Å². The normalized spacial score (nSPS) is 10.2. The minimum absolute atomic E-state index is 0.415. The van der Waals surface area contributed by atoms with Gasteiger partial charge in [-0.05, 0) is 42.8 Å². The Morgan fingerprint density at radius 2 is 1.87 bits per heavy atom. The first-order valence-corrected chi connectivity index (χ1v) is 7.86. The van der Waals surface area contributed by atoms with Gasteiger partial charge in [-0.3, -0.25) is 0 Å². The summed E-state index contributed by atoms with van der Waals surface area (Å²) in [4.78, 5) is 11.7. The number of methoxy groups -OCH3 is 1. The van der Waals surface area contributed by atoms with Crippen LogP contribution in [0.15, 0.2) is 42.5 Å². The second-order valence-corrected chi connectivity index (χ2v) is 5.58. The second kappa shape index (κ2) is 8.65. The first-order chi connectivity index (χ1) is 11.1. The number of para-hydroxylation sites is 1. The zero-order valence-corrected chi connectivity index (χ0v) is 14.2. The van der Waals surface area contributed by atoms with Crippen molar-refractivity contribution in [3.8, 4) is 5.75 Å². The first-order valence-electron chi connectivity index (χ1n) is 7.11.